The van der Waals surface area contributed by atoms with Gasteiger partial charge in [-0.1, -0.05) is 22.0 Å². The standard InChI is InChI=1S/C24H19BrF4N2O3/c1-14-11-15(4-6-17(14)25)22(32)31-13-23(8-10-33-20-3-2-9-30-21(20)23)16-5-7-19(18(26)12-16)34-24(27,28)29/h2-7,9,11-12H,8,10,13H2,1H3,(H,31,32)/t23-/m0/s1. The molecule has 10 heteroatoms. The first-order valence-corrected chi connectivity index (χ1v) is 11.1. The number of rotatable bonds is 5. The third kappa shape index (κ3) is 4.86. The molecule has 1 aromatic heterocycles. The number of nitrogens with one attached hydrogen (secondary N) is 1. The first-order chi connectivity index (χ1) is 16.1. The lowest BCUT2D eigenvalue weighted by atomic mass is 9.73. The Hall–Kier alpha value is -3.14. The molecule has 0 saturated heterocycles. The van der Waals surface area contributed by atoms with E-state index in [2.05, 4.69) is 31.0 Å². The predicted octanol–water partition coefficient (Wildman–Crippen LogP) is 5.69. The van der Waals surface area contributed by atoms with Gasteiger partial charge in [0.05, 0.1) is 17.7 Å². The number of carbonyl (C=O) groups excluding carboxylic acids is 1. The largest absolute Gasteiger partial charge is 0.573 e. The van der Waals surface area contributed by atoms with E-state index in [-0.39, 0.29) is 19.1 Å². The van der Waals surface area contributed by atoms with Crippen molar-refractivity contribution in [3.05, 3.63) is 87.4 Å². The molecular weight excluding hydrogens is 520 g/mol. The average molecular weight is 539 g/mol. The molecule has 0 unspecified atom stereocenters. The molecule has 0 aliphatic carbocycles. The molecule has 2 aromatic carbocycles. The fourth-order valence-electron chi connectivity index (χ4n) is 4.00. The van der Waals surface area contributed by atoms with Crippen molar-refractivity contribution in [2.45, 2.75) is 25.1 Å². The molecule has 1 aliphatic heterocycles. The van der Waals surface area contributed by atoms with Gasteiger partial charge in [-0.3, -0.25) is 9.78 Å². The molecule has 4 rings (SSSR count). The number of ether oxygens (including phenoxy) is 2. The van der Waals surface area contributed by atoms with Crippen LogP contribution in [0.4, 0.5) is 17.6 Å². The molecule has 0 saturated carbocycles. The van der Waals surface area contributed by atoms with Crippen molar-refractivity contribution in [3.8, 4) is 11.5 Å². The summed E-state index contributed by atoms with van der Waals surface area (Å²) >= 11 is 3.40. The summed E-state index contributed by atoms with van der Waals surface area (Å²) in [6, 6.07) is 11.8. The molecule has 0 fully saturated rings. The Labute approximate surface area is 201 Å². The van der Waals surface area contributed by atoms with Gasteiger partial charge in [0, 0.05) is 22.8 Å². The van der Waals surface area contributed by atoms with Gasteiger partial charge >= 0.3 is 6.36 Å². The van der Waals surface area contributed by atoms with Gasteiger partial charge in [-0.25, -0.2) is 4.39 Å². The number of hydrogen-bond donors (Lipinski definition) is 1. The van der Waals surface area contributed by atoms with Crippen molar-refractivity contribution >= 4 is 21.8 Å². The van der Waals surface area contributed by atoms with Crippen LogP contribution in [0.15, 0.2) is 59.2 Å². The van der Waals surface area contributed by atoms with E-state index in [1.54, 1.807) is 36.5 Å². The van der Waals surface area contributed by atoms with Crippen molar-refractivity contribution in [1.82, 2.24) is 10.3 Å². The minimum absolute atomic E-state index is 0.0211. The molecule has 0 bridgehead atoms. The van der Waals surface area contributed by atoms with Crippen molar-refractivity contribution in [3.63, 3.8) is 0 Å². The van der Waals surface area contributed by atoms with Gasteiger partial charge in [0.2, 0.25) is 0 Å². The number of carbonyl (C=O) groups is 1. The number of benzene rings is 2. The van der Waals surface area contributed by atoms with Crippen LogP contribution < -0.4 is 14.8 Å². The maximum Gasteiger partial charge on any atom is 0.573 e. The maximum absolute atomic E-state index is 14.7. The first kappa shape index (κ1) is 24.0. The van der Waals surface area contributed by atoms with Crippen molar-refractivity contribution in [2.24, 2.45) is 0 Å². The third-order valence-corrected chi connectivity index (χ3v) is 6.58. The van der Waals surface area contributed by atoms with Crippen molar-refractivity contribution in [1.29, 1.82) is 0 Å². The van der Waals surface area contributed by atoms with Crippen LogP contribution in [-0.4, -0.2) is 30.4 Å². The number of aryl methyl sites for hydroxylation is 1. The number of halogens is 5. The summed E-state index contributed by atoms with van der Waals surface area (Å²) in [5.41, 5.74) is 1.08. The Balaban J connectivity index is 1.72. The second kappa shape index (κ2) is 9.25. The Morgan fingerprint density at radius 1 is 1.24 bits per heavy atom. The lowest BCUT2D eigenvalue weighted by Crippen LogP contribution is -2.45. The SMILES string of the molecule is Cc1cc(C(=O)NC[C@]2(c3ccc(OC(F)(F)F)c(F)c3)CCOc3cccnc32)ccc1Br. The molecule has 1 atom stereocenters. The van der Waals surface area contributed by atoms with Gasteiger partial charge in [0.25, 0.3) is 5.91 Å². The Morgan fingerprint density at radius 3 is 2.74 bits per heavy atom. The number of amides is 1. The zero-order valence-corrected chi connectivity index (χ0v) is 19.5. The highest BCUT2D eigenvalue weighted by molar-refractivity contribution is 9.10. The predicted molar refractivity (Wildman–Crippen MR) is 119 cm³/mol. The third-order valence-electron chi connectivity index (χ3n) is 5.69. The minimum atomic E-state index is -5.02. The first-order valence-electron chi connectivity index (χ1n) is 10.3. The zero-order chi connectivity index (χ0) is 24.5. The molecule has 0 spiro atoms. The van der Waals surface area contributed by atoms with E-state index in [0.717, 1.165) is 22.2 Å². The number of alkyl halides is 3. The molecule has 2 heterocycles. The second-order valence-corrected chi connectivity index (χ2v) is 8.72. The van der Waals surface area contributed by atoms with E-state index in [4.69, 9.17) is 4.74 Å². The van der Waals surface area contributed by atoms with E-state index in [1.165, 1.54) is 6.07 Å². The molecular formula is C24H19BrF4N2O3. The molecule has 3 aromatic rings. The van der Waals surface area contributed by atoms with Gasteiger partial charge in [-0.15, -0.1) is 13.2 Å². The summed E-state index contributed by atoms with van der Waals surface area (Å²) in [6.45, 7) is 2.12. The topological polar surface area (TPSA) is 60.5 Å². The van der Waals surface area contributed by atoms with Crippen LogP contribution in [-0.2, 0) is 5.41 Å². The van der Waals surface area contributed by atoms with Crippen molar-refractivity contribution < 1.29 is 31.8 Å². The van der Waals surface area contributed by atoms with E-state index >= 15 is 0 Å². The number of hydrogen-bond acceptors (Lipinski definition) is 4. The van der Waals surface area contributed by atoms with E-state index in [9.17, 15) is 22.4 Å². The van der Waals surface area contributed by atoms with E-state index in [1.807, 2.05) is 6.92 Å². The summed E-state index contributed by atoms with van der Waals surface area (Å²) < 4.78 is 62.8. The van der Waals surface area contributed by atoms with Crippen LogP contribution in [0.5, 0.6) is 11.5 Å². The molecule has 1 amide bonds. The summed E-state index contributed by atoms with van der Waals surface area (Å²) in [6.07, 6.45) is -3.17. The van der Waals surface area contributed by atoms with Gasteiger partial charge in [-0.05, 0) is 66.9 Å². The van der Waals surface area contributed by atoms with Gasteiger partial charge in [0.1, 0.15) is 5.75 Å². The monoisotopic (exact) mass is 538 g/mol. The Kier molecular flexibility index (Phi) is 6.53. The molecule has 1 N–H and O–H groups in total. The average Bonchev–Trinajstić information content (AvgIpc) is 2.79. The second-order valence-electron chi connectivity index (χ2n) is 7.87. The molecule has 34 heavy (non-hydrogen) atoms. The molecule has 1 aliphatic rings. The van der Waals surface area contributed by atoms with E-state index in [0.29, 0.717) is 29.0 Å². The molecule has 178 valence electrons. The number of fused-ring (bicyclic) bond motifs is 1. The minimum Gasteiger partial charge on any atom is -0.492 e. The number of nitrogens with zero attached hydrogens (tertiary/aromatic N) is 1. The highest BCUT2D eigenvalue weighted by Crippen LogP contribution is 2.43. The summed E-state index contributed by atoms with van der Waals surface area (Å²) in [5.74, 6) is -2.00. The van der Waals surface area contributed by atoms with Crippen LogP contribution in [0.2, 0.25) is 0 Å². The summed E-state index contributed by atoms with van der Waals surface area (Å²) in [7, 11) is 0. The van der Waals surface area contributed by atoms with Gasteiger partial charge in [-0.2, -0.15) is 0 Å². The fourth-order valence-corrected chi connectivity index (χ4v) is 4.25. The normalized spacial score (nSPS) is 17.5. The van der Waals surface area contributed by atoms with Crippen LogP contribution >= 0.6 is 15.9 Å². The number of aromatic nitrogens is 1. The van der Waals surface area contributed by atoms with Crippen LogP contribution in [0.25, 0.3) is 0 Å². The highest BCUT2D eigenvalue weighted by atomic mass is 79.9. The van der Waals surface area contributed by atoms with Gasteiger partial charge < -0.3 is 14.8 Å². The zero-order valence-electron chi connectivity index (χ0n) is 17.9. The highest BCUT2D eigenvalue weighted by Gasteiger charge is 2.42. The summed E-state index contributed by atoms with van der Waals surface area (Å²) in [4.78, 5) is 17.3. The summed E-state index contributed by atoms with van der Waals surface area (Å²) in [5, 5.41) is 2.88. The van der Waals surface area contributed by atoms with Crippen LogP contribution in [0.1, 0.15) is 33.6 Å². The van der Waals surface area contributed by atoms with Crippen LogP contribution in [0, 0.1) is 12.7 Å². The van der Waals surface area contributed by atoms with Crippen LogP contribution in [0.3, 0.4) is 0 Å². The maximum atomic E-state index is 14.7. The molecule has 5 nitrogen and oxygen atoms in total. The van der Waals surface area contributed by atoms with Crippen molar-refractivity contribution in [2.75, 3.05) is 13.2 Å². The Bertz CT molecular complexity index is 1240. The Morgan fingerprint density at radius 2 is 2.03 bits per heavy atom. The lowest BCUT2D eigenvalue weighted by molar-refractivity contribution is -0.275. The lowest BCUT2D eigenvalue weighted by Gasteiger charge is -2.38. The van der Waals surface area contributed by atoms with E-state index < -0.39 is 23.3 Å². The molecule has 0 radical (unpaired) electrons. The fraction of sp³-hybridized carbons (Fsp3) is 0.250. The van der Waals surface area contributed by atoms with Gasteiger partial charge in [0.15, 0.2) is 11.6 Å². The smallest absolute Gasteiger partial charge is 0.492 e. The number of pyridine rings is 1. The quantitative estimate of drug-likeness (QED) is 0.424.